The van der Waals surface area contributed by atoms with Crippen LogP contribution in [0.4, 0.5) is 0 Å². The summed E-state index contributed by atoms with van der Waals surface area (Å²) in [6.45, 7) is 13.1. The van der Waals surface area contributed by atoms with Crippen LogP contribution in [0.15, 0.2) is 70.0 Å². The topological polar surface area (TPSA) is 112 Å². The summed E-state index contributed by atoms with van der Waals surface area (Å²) in [6, 6.07) is 17.0. The molecule has 3 N–H and O–H groups in total. The predicted octanol–water partition coefficient (Wildman–Crippen LogP) is 11.1. The fourth-order valence-electron chi connectivity index (χ4n) is 7.95. The van der Waals surface area contributed by atoms with Crippen molar-refractivity contribution in [3.05, 3.63) is 93.9 Å². The van der Waals surface area contributed by atoms with Gasteiger partial charge in [-0.1, -0.05) is 128 Å². The molecule has 0 spiro atoms. The van der Waals surface area contributed by atoms with Crippen molar-refractivity contribution in [1.29, 1.82) is 0 Å². The largest absolute Gasteiger partial charge is 0.506 e. The maximum absolute atomic E-state index is 12.1. The molecule has 1 unspecified atom stereocenters. The SMILES string of the molecule is CN(CCCCCCCCCCC[C@H](O[Si](C)(C)C(C)(C)C)c1ccc(O)c2[nH]c(=O)ccc12)Cc1cnc(C(O)(c2ccccc2)C2CCCCC2)o1. The van der Waals surface area contributed by atoms with E-state index in [0.29, 0.717) is 18.0 Å². The zero-order valence-electron chi connectivity index (χ0n) is 34.0. The van der Waals surface area contributed by atoms with E-state index in [2.05, 4.69) is 55.8 Å². The molecular formula is C45H67N3O5Si. The van der Waals surface area contributed by atoms with Gasteiger partial charge >= 0.3 is 0 Å². The molecule has 4 aromatic rings. The molecule has 2 aromatic carbocycles. The van der Waals surface area contributed by atoms with E-state index in [0.717, 1.165) is 73.8 Å². The maximum Gasteiger partial charge on any atom is 0.248 e. The number of hydrogen-bond donors (Lipinski definition) is 3. The fraction of sp³-hybridized carbons (Fsp3) is 0.600. The molecule has 1 aliphatic carbocycles. The van der Waals surface area contributed by atoms with Gasteiger partial charge in [0, 0.05) is 17.4 Å². The number of fused-ring (bicyclic) bond motifs is 1. The number of oxazole rings is 1. The van der Waals surface area contributed by atoms with Crippen molar-refractivity contribution < 1.29 is 19.1 Å². The first-order valence-corrected chi connectivity index (χ1v) is 23.6. The van der Waals surface area contributed by atoms with Crippen molar-refractivity contribution in [3.8, 4) is 5.75 Å². The van der Waals surface area contributed by atoms with Crippen LogP contribution < -0.4 is 5.56 Å². The normalized spacial score (nSPS) is 16.2. The van der Waals surface area contributed by atoms with Crippen molar-refractivity contribution in [2.75, 3.05) is 13.6 Å². The van der Waals surface area contributed by atoms with E-state index in [-0.39, 0.29) is 28.4 Å². The van der Waals surface area contributed by atoms with Crippen LogP contribution in [0.3, 0.4) is 0 Å². The lowest BCUT2D eigenvalue weighted by atomic mass is 9.73. The van der Waals surface area contributed by atoms with E-state index in [1.54, 1.807) is 6.07 Å². The summed E-state index contributed by atoms with van der Waals surface area (Å²) in [5, 5.41) is 23.5. The summed E-state index contributed by atoms with van der Waals surface area (Å²) in [5.41, 5.74) is 1.00. The Labute approximate surface area is 324 Å². The number of benzene rings is 2. The number of hydrogen-bond acceptors (Lipinski definition) is 7. The molecule has 1 fully saturated rings. The van der Waals surface area contributed by atoms with Gasteiger partial charge in [-0.05, 0) is 80.7 Å². The Morgan fingerprint density at radius 2 is 1.56 bits per heavy atom. The molecule has 54 heavy (non-hydrogen) atoms. The quantitative estimate of drug-likeness (QED) is 0.0608. The van der Waals surface area contributed by atoms with Crippen LogP contribution in [-0.4, -0.2) is 47.0 Å². The number of aromatic nitrogens is 2. The summed E-state index contributed by atoms with van der Waals surface area (Å²) in [6.07, 6.45) is 19.0. The molecule has 0 bridgehead atoms. The molecule has 5 rings (SSSR count). The van der Waals surface area contributed by atoms with Gasteiger partial charge in [-0.3, -0.25) is 9.69 Å². The number of unbranched alkanes of at least 4 members (excludes halogenated alkanes) is 8. The minimum absolute atomic E-state index is 0.0770. The lowest BCUT2D eigenvalue weighted by Crippen LogP contribution is -2.41. The first kappa shape index (κ1) is 41.9. The Bertz CT molecular complexity index is 1790. The Kier molecular flexibility index (Phi) is 14.8. The zero-order valence-corrected chi connectivity index (χ0v) is 35.0. The number of nitrogens with zero attached hydrogens (tertiary/aromatic N) is 2. The van der Waals surface area contributed by atoms with Crippen LogP contribution in [0, 0.1) is 5.92 Å². The van der Waals surface area contributed by atoms with Crippen LogP contribution in [0.5, 0.6) is 5.75 Å². The minimum Gasteiger partial charge on any atom is -0.506 e. The Morgan fingerprint density at radius 3 is 2.22 bits per heavy atom. The van der Waals surface area contributed by atoms with Crippen molar-refractivity contribution in [2.24, 2.45) is 5.92 Å². The molecule has 9 heteroatoms. The highest BCUT2D eigenvalue weighted by atomic mass is 28.4. The smallest absolute Gasteiger partial charge is 0.248 e. The van der Waals surface area contributed by atoms with Crippen molar-refractivity contribution >= 4 is 19.2 Å². The van der Waals surface area contributed by atoms with E-state index < -0.39 is 13.9 Å². The highest BCUT2D eigenvalue weighted by Crippen LogP contribution is 2.44. The Balaban J connectivity index is 1.01. The van der Waals surface area contributed by atoms with Crippen LogP contribution in [0.1, 0.15) is 146 Å². The van der Waals surface area contributed by atoms with Crippen LogP contribution in [-0.2, 0) is 16.6 Å². The second-order valence-corrected chi connectivity index (χ2v) is 22.2. The van der Waals surface area contributed by atoms with Crippen molar-refractivity contribution in [2.45, 2.75) is 153 Å². The molecule has 0 aliphatic heterocycles. The fourth-order valence-corrected chi connectivity index (χ4v) is 9.26. The highest BCUT2D eigenvalue weighted by Gasteiger charge is 2.45. The van der Waals surface area contributed by atoms with E-state index in [1.807, 2.05) is 48.7 Å². The van der Waals surface area contributed by atoms with Gasteiger partial charge in [0.15, 0.2) is 13.9 Å². The average molecular weight is 758 g/mol. The van der Waals surface area contributed by atoms with Crippen LogP contribution >= 0.6 is 0 Å². The monoisotopic (exact) mass is 757 g/mol. The first-order valence-electron chi connectivity index (χ1n) is 20.7. The van der Waals surface area contributed by atoms with E-state index in [4.69, 9.17) is 8.84 Å². The summed E-state index contributed by atoms with van der Waals surface area (Å²) in [5.74, 6) is 1.45. The third kappa shape index (κ3) is 10.7. The second-order valence-electron chi connectivity index (χ2n) is 17.5. The molecule has 2 aromatic heterocycles. The van der Waals surface area contributed by atoms with Gasteiger partial charge in [0.2, 0.25) is 11.4 Å². The van der Waals surface area contributed by atoms with Gasteiger partial charge in [-0.2, -0.15) is 0 Å². The van der Waals surface area contributed by atoms with Gasteiger partial charge in [0.05, 0.1) is 24.4 Å². The van der Waals surface area contributed by atoms with E-state index in [1.165, 1.54) is 57.4 Å². The Hall–Kier alpha value is -3.24. The number of phenols is 1. The molecular weight excluding hydrogens is 691 g/mol. The molecule has 1 saturated carbocycles. The van der Waals surface area contributed by atoms with Gasteiger partial charge in [0.1, 0.15) is 11.5 Å². The number of nitrogens with one attached hydrogen (secondary N) is 1. The van der Waals surface area contributed by atoms with Crippen molar-refractivity contribution in [1.82, 2.24) is 14.9 Å². The summed E-state index contributed by atoms with van der Waals surface area (Å²) in [7, 11) is 0.0732. The standard InChI is InChI=1S/C45H67N3O5Si/c1-44(2,3)54(5,6)53-40(37-27-29-39(49)42-38(37)28-30-41(50)47-42)26-20-12-10-8-7-9-11-13-21-31-48(4)33-36-32-46-43(52-36)45(51,34-22-16-14-17-23-34)35-24-18-15-19-25-35/h14,16-17,22-23,27-30,32,35,40,49,51H,7-13,15,18-21,24-26,31,33H2,1-6H3,(H,47,50)/t40-,45?/m0/s1. The van der Waals surface area contributed by atoms with Crippen LogP contribution in [0.2, 0.25) is 18.1 Å². The van der Waals surface area contributed by atoms with E-state index >= 15 is 0 Å². The molecule has 8 nitrogen and oxygen atoms in total. The van der Waals surface area contributed by atoms with Crippen molar-refractivity contribution in [3.63, 3.8) is 0 Å². The van der Waals surface area contributed by atoms with E-state index in [9.17, 15) is 15.0 Å². The summed E-state index contributed by atoms with van der Waals surface area (Å²) in [4.78, 5) is 21.8. The van der Waals surface area contributed by atoms with Gasteiger partial charge in [0.25, 0.3) is 0 Å². The summed E-state index contributed by atoms with van der Waals surface area (Å²) >= 11 is 0. The third-order valence-corrected chi connectivity index (χ3v) is 16.7. The molecule has 0 amide bonds. The highest BCUT2D eigenvalue weighted by molar-refractivity contribution is 6.74. The molecule has 1 aliphatic rings. The zero-order chi connectivity index (χ0) is 38.8. The van der Waals surface area contributed by atoms with Gasteiger partial charge < -0.3 is 24.0 Å². The number of H-pyrrole nitrogens is 1. The number of rotatable bonds is 20. The molecule has 296 valence electrons. The molecule has 2 heterocycles. The number of aliphatic hydroxyl groups is 1. The van der Waals surface area contributed by atoms with Crippen LogP contribution in [0.25, 0.3) is 10.9 Å². The molecule has 0 radical (unpaired) electrons. The van der Waals surface area contributed by atoms with Gasteiger partial charge in [-0.25, -0.2) is 4.98 Å². The number of pyridine rings is 1. The lowest BCUT2D eigenvalue weighted by molar-refractivity contribution is -0.0242. The second kappa shape index (κ2) is 19.1. The van der Waals surface area contributed by atoms with Gasteiger partial charge in [-0.15, -0.1) is 0 Å². The number of phenolic OH excluding ortho intramolecular Hbond substituents is 1. The molecule has 2 atom stereocenters. The number of aromatic amines is 1. The third-order valence-electron chi connectivity index (χ3n) is 12.2. The Morgan fingerprint density at radius 1 is 0.907 bits per heavy atom. The minimum atomic E-state index is -2.07. The average Bonchev–Trinajstić information content (AvgIpc) is 3.62. The first-order chi connectivity index (χ1) is 25.8. The maximum atomic E-state index is 12.1. The summed E-state index contributed by atoms with van der Waals surface area (Å²) < 4.78 is 13.3. The molecule has 0 saturated heterocycles. The lowest BCUT2D eigenvalue weighted by Gasteiger charge is -2.39. The number of aromatic hydroxyl groups is 1. The predicted molar refractivity (Wildman–Crippen MR) is 222 cm³/mol.